The van der Waals surface area contributed by atoms with Crippen molar-refractivity contribution in [3.8, 4) is 0 Å². The van der Waals surface area contributed by atoms with Crippen molar-refractivity contribution in [1.82, 2.24) is 4.98 Å². The highest BCUT2D eigenvalue weighted by molar-refractivity contribution is 5.74. The molecule has 0 unspecified atom stereocenters. The molecule has 1 rings (SSSR count). The Hall–Kier alpha value is -1.65. The molecule has 0 spiro atoms. The maximum absolute atomic E-state index is 12.9. The standard InChI is InChI=1S/C8H9FN2O2/c1-13-7(12)4-5-6(10)2-3-11-8(5)9/h2-3H,4H2,1H3,(H2,10,11). The summed E-state index contributed by atoms with van der Waals surface area (Å²) in [5.74, 6) is -1.27. The van der Waals surface area contributed by atoms with E-state index in [1.165, 1.54) is 19.4 Å². The lowest BCUT2D eigenvalue weighted by atomic mass is 10.2. The van der Waals surface area contributed by atoms with Crippen LogP contribution in [-0.2, 0) is 16.0 Å². The van der Waals surface area contributed by atoms with E-state index in [2.05, 4.69) is 9.72 Å². The number of hydrogen-bond donors (Lipinski definition) is 1. The predicted octanol–water partition coefficient (Wildman–Crippen LogP) is 0.518. The number of halogens is 1. The van der Waals surface area contributed by atoms with Gasteiger partial charge in [0.15, 0.2) is 0 Å². The zero-order chi connectivity index (χ0) is 9.84. The first-order valence-corrected chi connectivity index (χ1v) is 3.61. The van der Waals surface area contributed by atoms with E-state index in [0.29, 0.717) is 0 Å². The topological polar surface area (TPSA) is 65.2 Å². The van der Waals surface area contributed by atoms with Crippen LogP contribution in [0, 0.1) is 5.95 Å². The first-order chi connectivity index (χ1) is 6.15. The van der Waals surface area contributed by atoms with Crippen LogP contribution in [-0.4, -0.2) is 18.1 Å². The molecule has 0 aliphatic carbocycles. The van der Waals surface area contributed by atoms with E-state index in [0.717, 1.165) is 0 Å². The van der Waals surface area contributed by atoms with Crippen LogP contribution in [0.1, 0.15) is 5.56 Å². The molecule has 0 amide bonds. The Balaban J connectivity index is 2.93. The molecule has 0 aliphatic rings. The minimum atomic E-state index is -0.731. The van der Waals surface area contributed by atoms with Gasteiger partial charge in [-0.05, 0) is 6.07 Å². The smallest absolute Gasteiger partial charge is 0.310 e. The Morgan fingerprint density at radius 2 is 2.46 bits per heavy atom. The van der Waals surface area contributed by atoms with Gasteiger partial charge in [0.1, 0.15) is 0 Å². The molecule has 1 aromatic heterocycles. The van der Waals surface area contributed by atoms with Crippen LogP contribution in [0.5, 0.6) is 0 Å². The Bertz CT molecular complexity index is 308. The molecule has 13 heavy (non-hydrogen) atoms. The number of esters is 1. The largest absolute Gasteiger partial charge is 0.469 e. The Kier molecular flexibility index (Phi) is 2.79. The fourth-order valence-corrected chi connectivity index (χ4v) is 0.872. The normalized spacial score (nSPS) is 9.69. The number of ether oxygens (including phenoxy) is 1. The van der Waals surface area contributed by atoms with Crippen LogP contribution in [0.25, 0.3) is 0 Å². The SMILES string of the molecule is COC(=O)Cc1c(N)ccnc1F. The molecule has 1 aromatic rings. The average molecular weight is 184 g/mol. The van der Waals surface area contributed by atoms with Gasteiger partial charge in [0, 0.05) is 17.4 Å². The van der Waals surface area contributed by atoms with Crippen molar-refractivity contribution in [2.75, 3.05) is 12.8 Å². The minimum absolute atomic E-state index is 0.0781. The Morgan fingerprint density at radius 1 is 1.77 bits per heavy atom. The number of methoxy groups -OCH3 is 1. The molecule has 2 N–H and O–H groups in total. The second-order valence-corrected chi connectivity index (χ2v) is 2.42. The molecule has 0 saturated heterocycles. The van der Waals surface area contributed by atoms with E-state index in [4.69, 9.17) is 5.73 Å². The maximum Gasteiger partial charge on any atom is 0.310 e. The van der Waals surface area contributed by atoms with Gasteiger partial charge in [-0.15, -0.1) is 0 Å². The summed E-state index contributed by atoms with van der Waals surface area (Å²) >= 11 is 0. The second kappa shape index (κ2) is 3.84. The summed E-state index contributed by atoms with van der Waals surface area (Å²) in [7, 11) is 1.23. The highest BCUT2D eigenvalue weighted by atomic mass is 19.1. The molecule has 0 aliphatic heterocycles. The third kappa shape index (κ3) is 2.14. The molecule has 4 nitrogen and oxygen atoms in total. The number of aromatic nitrogens is 1. The number of nitrogen functional groups attached to an aromatic ring is 1. The van der Waals surface area contributed by atoms with E-state index < -0.39 is 11.9 Å². The molecule has 1 heterocycles. The molecule has 0 atom stereocenters. The van der Waals surface area contributed by atoms with Gasteiger partial charge in [0.05, 0.1) is 13.5 Å². The number of hydrogen-bond acceptors (Lipinski definition) is 4. The highest BCUT2D eigenvalue weighted by Gasteiger charge is 2.11. The van der Waals surface area contributed by atoms with Crippen LogP contribution >= 0.6 is 0 Å². The fourth-order valence-electron chi connectivity index (χ4n) is 0.872. The van der Waals surface area contributed by atoms with Crippen LogP contribution in [0.3, 0.4) is 0 Å². The van der Waals surface area contributed by atoms with Gasteiger partial charge in [0.25, 0.3) is 0 Å². The Morgan fingerprint density at radius 3 is 3.00 bits per heavy atom. The lowest BCUT2D eigenvalue weighted by Crippen LogP contribution is -2.09. The molecular formula is C8H9FN2O2. The molecule has 70 valence electrons. The molecular weight excluding hydrogens is 175 g/mol. The van der Waals surface area contributed by atoms with Gasteiger partial charge in [0.2, 0.25) is 5.95 Å². The number of anilines is 1. The van der Waals surface area contributed by atoms with Gasteiger partial charge < -0.3 is 10.5 Å². The monoisotopic (exact) mass is 184 g/mol. The molecule has 0 aromatic carbocycles. The Labute approximate surface area is 74.5 Å². The number of carbonyl (C=O) groups excluding carboxylic acids is 1. The van der Waals surface area contributed by atoms with Gasteiger partial charge in [-0.25, -0.2) is 4.98 Å². The lowest BCUT2D eigenvalue weighted by molar-refractivity contribution is -0.139. The van der Waals surface area contributed by atoms with Crippen LogP contribution in [0.4, 0.5) is 10.1 Å². The molecule has 5 heteroatoms. The van der Waals surface area contributed by atoms with E-state index in [1.807, 2.05) is 0 Å². The summed E-state index contributed by atoms with van der Waals surface area (Å²) in [5, 5.41) is 0. The van der Waals surface area contributed by atoms with Gasteiger partial charge in [-0.3, -0.25) is 4.79 Å². The quantitative estimate of drug-likeness (QED) is 0.537. The van der Waals surface area contributed by atoms with E-state index in [1.54, 1.807) is 0 Å². The van der Waals surface area contributed by atoms with Crippen molar-refractivity contribution in [1.29, 1.82) is 0 Å². The number of carbonyl (C=O) groups is 1. The van der Waals surface area contributed by atoms with Crippen molar-refractivity contribution in [3.63, 3.8) is 0 Å². The van der Waals surface area contributed by atoms with Crippen molar-refractivity contribution in [3.05, 3.63) is 23.8 Å². The number of nitrogens with two attached hydrogens (primary N) is 1. The van der Waals surface area contributed by atoms with E-state index in [9.17, 15) is 9.18 Å². The maximum atomic E-state index is 12.9. The predicted molar refractivity (Wildman–Crippen MR) is 44.3 cm³/mol. The third-order valence-electron chi connectivity index (χ3n) is 1.59. The van der Waals surface area contributed by atoms with Gasteiger partial charge in [-0.2, -0.15) is 4.39 Å². The number of nitrogens with zero attached hydrogens (tertiary/aromatic N) is 1. The zero-order valence-electron chi connectivity index (χ0n) is 7.08. The van der Waals surface area contributed by atoms with Crippen molar-refractivity contribution in [2.24, 2.45) is 0 Å². The van der Waals surface area contributed by atoms with Crippen molar-refractivity contribution < 1.29 is 13.9 Å². The average Bonchev–Trinajstić information content (AvgIpc) is 2.11. The number of pyridine rings is 1. The van der Waals surface area contributed by atoms with Crippen LogP contribution < -0.4 is 5.73 Å². The van der Waals surface area contributed by atoms with Crippen LogP contribution in [0.2, 0.25) is 0 Å². The van der Waals surface area contributed by atoms with E-state index in [-0.39, 0.29) is 17.7 Å². The third-order valence-corrected chi connectivity index (χ3v) is 1.59. The highest BCUT2D eigenvalue weighted by Crippen LogP contribution is 2.13. The summed E-state index contributed by atoms with van der Waals surface area (Å²) in [5.41, 5.74) is 5.72. The summed E-state index contributed by atoms with van der Waals surface area (Å²) in [6.45, 7) is 0. The van der Waals surface area contributed by atoms with Crippen molar-refractivity contribution >= 4 is 11.7 Å². The van der Waals surface area contributed by atoms with Gasteiger partial charge in [-0.1, -0.05) is 0 Å². The minimum Gasteiger partial charge on any atom is -0.469 e. The first-order valence-electron chi connectivity index (χ1n) is 3.61. The van der Waals surface area contributed by atoms with Crippen LogP contribution in [0.15, 0.2) is 12.3 Å². The summed E-state index contributed by atoms with van der Waals surface area (Å²) in [6.07, 6.45) is 1.05. The fraction of sp³-hybridized carbons (Fsp3) is 0.250. The first kappa shape index (κ1) is 9.44. The summed E-state index contributed by atoms with van der Waals surface area (Å²) in [6, 6.07) is 1.43. The van der Waals surface area contributed by atoms with E-state index >= 15 is 0 Å². The zero-order valence-corrected chi connectivity index (χ0v) is 7.08. The summed E-state index contributed by atoms with van der Waals surface area (Å²) in [4.78, 5) is 14.2. The summed E-state index contributed by atoms with van der Waals surface area (Å²) < 4.78 is 17.3. The molecule has 0 radical (unpaired) electrons. The molecule has 0 fully saturated rings. The second-order valence-electron chi connectivity index (χ2n) is 2.42. The van der Waals surface area contributed by atoms with Crippen molar-refractivity contribution in [2.45, 2.75) is 6.42 Å². The van der Waals surface area contributed by atoms with Gasteiger partial charge >= 0.3 is 5.97 Å². The number of rotatable bonds is 2. The molecule has 0 saturated carbocycles. The lowest BCUT2D eigenvalue weighted by Gasteiger charge is -2.03. The molecule has 0 bridgehead atoms.